The highest BCUT2D eigenvalue weighted by Crippen LogP contribution is 2.34. The molecule has 2 N–H and O–H groups in total. The van der Waals surface area contributed by atoms with Gasteiger partial charge in [-0.3, -0.25) is 0 Å². The van der Waals surface area contributed by atoms with E-state index < -0.39 is 0 Å². The monoisotopic (exact) mass is 241 g/mol. The van der Waals surface area contributed by atoms with E-state index in [1.807, 2.05) is 19.1 Å². The summed E-state index contributed by atoms with van der Waals surface area (Å²) in [4.78, 5) is 0. The Balaban J connectivity index is 3.16. The van der Waals surface area contributed by atoms with Crippen LogP contribution in [0, 0.1) is 0 Å². The van der Waals surface area contributed by atoms with Crippen molar-refractivity contribution in [3.8, 4) is 5.75 Å². The first kappa shape index (κ1) is 13.3. The summed E-state index contributed by atoms with van der Waals surface area (Å²) in [5, 5.41) is 0.769. The number of methoxy groups -OCH3 is 1. The highest BCUT2D eigenvalue weighted by atomic mass is 35.5. The van der Waals surface area contributed by atoms with Gasteiger partial charge in [-0.25, -0.2) is 0 Å². The number of ether oxygens (including phenoxy) is 1. The molecule has 0 aliphatic carbocycles. The zero-order valence-electron chi connectivity index (χ0n) is 10.4. The summed E-state index contributed by atoms with van der Waals surface area (Å²) in [7, 11) is 1.67. The van der Waals surface area contributed by atoms with E-state index in [4.69, 9.17) is 22.1 Å². The van der Waals surface area contributed by atoms with Crippen LogP contribution >= 0.6 is 11.6 Å². The van der Waals surface area contributed by atoms with E-state index in [1.54, 1.807) is 7.11 Å². The standard InChI is InChI=1S/C13H20ClNO/c1-8(2)13-11(14)6-10(5-9(3)15)7-12(13)16-4/h6-9H,5,15H2,1-4H3. The van der Waals surface area contributed by atoms with E-state index in [9.17, 15) is 0 Å². The fourth-order valence-electron chi connectivity index (χ4n) is 1.86. The van der Waals surface area contributed by atoms with Crippen LogP contribution in [0.5, 0.6) is 5.75 Å². The Bertz CT molecular complexity index is 361. The summed E-state index contributed by atoms with van der Waals surface area (Å²) in [6.07, 6.45) is 0.814. The Morgan fingerprint density at radius 1 is 1.31 bits per heavy atom. The normalized spacial score (nSPS) is 12.9. The van der Waals surface area contributed by atoms with E-state index in [1.165, 1.54) is 0 Å². The summed E-state index contributed by atoms with van der Waals surface area (Å²) in [6, 6.07) is 4.15. The van der Waals surface area contributed by atoms with Gasteiger partial charge < -0.3 is 10.5 Å². The second kappa shape index (κ2) is 5.55. The number of hydrogen-bond acceptors (Lipinski definition) is 2. The second-order valence-electron chi connectivity index (χ2n) is 4.53. The maximum Gasteiger partial charge on any atom is 0.124 e. The van der Waals surface area contributed by atoms with Crippen molar-refractivity contribution in [2.45, 2.75) is 39.2 Å². The molecule has 0 bridgehead atoms. The maximum atomic E-state index is 6.27. The first-order valence-electron chi connectivity index (χ1n) is 5.57. The Morgan fingerprint density at radius 3 is 2.38 bits per heavy atom. The van der Waals surface area contributed by atoms with Crippen molar-refractivity contribution in [3.05, 3.63) is 28.3 Å². The maximum absolute atomic E-state index is 6.27. The number of hydrogen-bond donors (Lipinski definition) is 1. The molecule has 1 atom stereocenters. The lowest BCUT2D eigenvalue weighted by Gasteiger charge is -2.16. The van der Waals surface area contributed by atoms with Crippen molar-refractivity contribution in [3.63, 3.8) is 0 Å². The fourth-order valence-corrected chi connectivity index (χ4v) is 2.32. The van der Waals surface area contributed by atoms with Crippen molar-refractivity contribution in [1.82, 2.24) is 0 Å². The Kier molecular flexibility index (Phi) is 4.63. The smallest absolute Gasteiger partial charge is 0.124 e. The number of benzene rings is 1. The molecular weight excluding hydrogens is 222 g/mol. The molecule has 1 rings (SSSR count). The van der Waals surface area contributed by atoms with Gasteiger partial charge in [0.2, 0.25) is 0 Å². The second-order valence-corrected chi connectivity index (χ2v) is 4.94. The summed E-state index contributed by atoms with van der Waals surface area (Å²) >= 11 is 6.27. The van der Waals surface area contributed by atoms with Gasteiger partial charge in [0.1, 0.15) is 5.75 Å². The van der Waals surface area contributed by atoms with Crippen LogP contribution in [0.4, 0.5) is 0 Å². The third kappa shape index (κ3) is 3.13. The lowest BCUT2D eigenvalue weighted by Crippen LogP contribution is -2.17. The molecule has 1 aromatic rings. The molecule has 2 nitrogen and oxygen atoms in total. The highest BCUT2D eigenvalue weighted by Gasteiger charge is 2.14. The zero-order chi connectivity index (χ0) is 12.3. The average Bonchev–Trinajstić information content (AvgIpc) is 2.14. The lowest BCUT2D eigenvalue weighted by molar-refractivity contribution is 0.407. The summed E-state index contributed by atoms with van der Waals surface area (Å²) < 4.78 is 5.38. The Morgan fingerprint density at radius 2 is 1.94 bits per heavy atom. The molecule has 0 amide bonds. The lowest BCUT2D eigenvalue weighted by atomic mass is 9.98. The first-order chi connectivity index (χ1) is 7.45. The van der Waals surface area contributed by atoms with Crippen LogP contribution in [0.3, 0.4) is 0 Å². The van der Waals surface area contributed by atoms with Crippen molar-refractivity contribution in [2.24, 2.45) is 5.73 Å². The predicted molar refractivity (Wildman–Crippen MR) is 69.4 cm³/mol. The molecule has 0 aliphatic rings. The van der Waals surface area contributed by atoms with Gasteiger partial charge in [-0.05, 0) is 37.0 Å². The van der Waals surface area contributed by atoms with Crippen LogP contribution in [0.2, 0.25) is 5.02 Å². The molecule has 3 heteroatoms. The molecule has 0 fully saturated rings. The molecule has 1 unspecified atom stereocenters. The van der Waals surface area contributed by atoms with E-state index in [0.29, 0.717) is 5.92 Å². The molecule has 0 radical (unpaired) electrons. The van der Waals surface area contributed by atoms with Gasteiger partial charge in [0, 0.05) is 16.6 Å². The minimum absolute atomic E-state index is 0.130. The van der Waals surface area contributed by atoms with Gasteiger partial charge in [-0.1, -0.05) is 25.4 Å². The van der Waals surface area contributed by atoms with Crippen molar-refractivity contribution in [1.29, 1.82) is 0 Å². The van der Waals surface area contributed by atoms with Crippen molar-refractivity contribution >= 4 is 11.6 Å². The average molecular weight is 242 g/mol. The quantitative estimate of drug-likeness (QED) is 0.877. The van der Waals surface area contributed by atoms with E-state index in [2.05, 4.69) is 13.8 Å². The van der Waals surface area contributed by atoms with Gasteiger partial charge in [-0.15, -0.1) is 0 Å². The van der Waals surface area contributed by atoms with Crippen LogP contribution in [0.1, 0.15) is 37.8 Å². The molecule has 1 aromatic carbocycles. The van der Waals surface area contributed by atoms with Crippen LogP contribution in [-0.4, -0.2) is 13.2 Å². The minimum Gasteiger partial charge on any atom is -0.496 e. The van der Waals surface area contributed by atoms with Gasteiger partial charge in [0.15, 0.2) is 0 Å². The summed E-state index contributed by atoms with van der Waals surface area (Å²) in [6.45, 7) is 6.20. The third-order valence-corrected chi connectivity index (χ3v) is 2.82. The molecular formula is C13H20ClNO. The van der Waals surface area contributed by atoms with Gasteiger partial charge in [-0.2, -0.15) is 0 Å². The van der Waals surface area contributed by atoms with Gasteiger partial charge >= 0.3 is 0 Å². The SMILES string of the molecule is COc1cc(CC(C)N)cc(Cl)c1C(C)C. The van der Waals surface area contributed by atoms with E-state index in [-0.39, 0.29) is 6.04 Å². The van der Waals surface area contributed by atoms with Gasteiger partial charge in [0.25, 0.3) is 0 Å². The topological polar surface area (TPSA) is 35.2 Å². The number of halogens is 1. The fraction of sp³-hybridized carbons (Fsp3) is 0.538. The summed E-state index contributed by atoms with van der Waals surface area (Å²) in [5.74, 6) is 1.21. The number of nitrogens with two attached hydrogens (primary N) is 1. The highest BCUT2D eigenvalue weighted by molar-refractivity contribution is 6.31. The zero-order valence-corrected chi connectivity index (χ0v) is 11.1. The molecule has 0 saturated heterocycles. The largest absolute Gasteiger partial charge is 0.496 e. The molecule has 16 heavy (non-hydrogen) atoms. The molecule has 0 spiro atoms. The van der Waals surface area contributed by atoms with Crippen LogP contribution in [-0.2, 0) is 6.42 Å². The van der Waals surface area contributed by atoms with E-state index in [0.717, 1.165) is 28.3 Å². The molecule has 90 valence electrons. The molecule has 0 aromatic heterocycles. The Hall–Kier alpha value is -0.730. The molecule has 0 heterocycles. The van der Waals surface area contributed by atoms with Crippen LogP contribution in [0.15, 0.2) is 12.1 Å². The molecule has 0 aliphatic heterocycles. The Labute approximate surface area is 103 Å². The van der Waals surface area contributed by atoms with Crippen molar-refractivity contribution < 1.29 is 4.74 Å². The summed E-state index contributed by atoms with van der Waals surface area (Å²) in [5.41, 5.74) is 7.97. The van der Waals surface area contributed by atoms with Crippen LogP contribution < -0.4 is 10.5 Å². The number of rotatable bonds is 4. The van der Waals surface area contributed by atoms with E-state index >= 15 is 0 Å². The molecule has 0 saturated carbocycles. The van der Waals surface area contributed by atoms with Crippen LogP contribution in [0.25, 0.3) is 0 Å². The first-order valence-corrected chi connectivity index (χ1v) is 5.95. The van der Waals surface area contributed by atoms with Crippen molar-refractivity contribution in [2.75, 3.05) is 7.11 Å². The van der Waals surface area contributed by atoms with Gasteiger partial charge in [0.05, 0.1) is 7.11 Å². The minimum atomic E-state index is 0.130. The third-order valence-electron chi connectivity index (χ3n) is 2.51. The predicted octanol–water partition coefficient (Wildman–Crippen LogP) is 3.36.